The van der Waals surface area contributed by atoms with E-state index >= 15 is 0 Å². The summed E-state index contributed by atoms with van der Waals surface area (Å²) < 4.78 is 12.3. The SMILES string of the molecule is COCc1c(Cl)cccc1OCc1cc(=O)n2[nH]c(-c3ccccc3)nc2n1. The Morgan fingerprint density at radius 2 is 1.89 bits per heavy atom. The van der Waals surface area contributed by atoms with Gasteiger partial charge in [-0.15, -0.1) is 0 Å². The normalized spacial score (nSPS) is 11.1. The lowest BCUT2D eigenvalue weighted by Crippen LogP contribution is -2.16. The maximum Gasteiger partial charge on any atom is 0.274 e. The van der Waals surface area contributed by atoms with Gasteiger partial charge in [0.15, 0.2) is 5.82 Å². The molecule has 0 saturated heterocycles. The van der Waals surface area contributed by atoms with Crippen molar-refractivity contribution in [1.29, 1.82) is 0 Å². The van der Waals surface area contributed by atoms with E-state index in [-0.39, 0.29) is 17.9 Å². The number of hydrogen-bond acceptors (Lipinski definition) is 5. The number of aromatic amines is 1. The van der Waals surface area contributed by atoms with Gasteiger partial charge in [-0.1, -0.05) is 48.0 Å². The van der Waals surface area contributed by atoms with E-state index in [1.165, 1.54) is 10.6 Å². The molecule has 2 heterocycles. The van der Waals surface area contributed by atoms with Crippen LogP contribution in [0.15, 0.2) is 59.4 Å². The van der Waals surface area contributed by atoms with Crippen LogP contribution in [0.2, 0.25) is 5.02 Å². The molecule has 0 radical (unpaired) electrons. The lowest BCUT2D eigenvalue weighted by molar-refractivity contribution is 0.179. The number of H-pyrrole nitrogens is 1. The molecular weight excluding hydrogens is 380 g/mol. The number of nitrogens with zero attached hydrogens (tertiary/aromatic N) is 3. The maximum atomic E-state index is 12.4. The van der Waals surface area contributed by atoms with Crippen LogP contribution in [-0.4, -0.2) is 26.7 Å². The van der Waals surface area contributed by atoms with Crippen molar-refractivity contribution in [3.8, 4) is 17.1 Å². The van der Waals surface area contributed by atoms with Crippen molar-refractivity contribution in [1.82, 2.24) is 19.6 Å². The standard InChI is InChI=1S/C20H17ClN4O3/c1-27-12-15-16(21)8-5-9-17(15)28-11-14-10-18(26)25-20(22-14)23-19(24-25)13-6-3-2-4-7-13/h2-10H,11-12H2,1H3,(H,22,23,24). The smallest absolute Gasteiger partial charge is 0.274 e. The highest BCUT2D eigenvalue weighted by molar-refractivity contribution is 6.31. The van der Waals surface area contributed by atoms with Gasteiger partial charge < -0.3 is 9.47 Å². The predicted octanol–water partition coefficient (Wildman–Crippen LogP) is 3.46. The molecule has 1 N–H and O–H groups in total. The Kier molecular flexibility index (Phi) is 5.10. The first-order chi connectivity index (χ1) is 13.7. The molecule has 0 aliphatic heterocycles. The minimum atomic E-state index is -0.263. The first-order valence-electron chi connectivity index (χ1n) is 8.59. The van der Waals surface area contributed by atoms with Crippen LogP contribution in [0.5, 0.6) is 5.75 Å². The van der Waals surface area contributed by atoms with E-state index in [4.69, 9.17) is 21.1 Å². The summed E-state index contributed by atoms with van der Waals surface area (Å²) in [6, 6.07) is 16.3. The summed E-state index contributed by atoms with van der Waals surface area (Å²) in [6.07, 6.45) is 0. The highest BCUT2D eigenvalue weighted by Gasteiger charge is 2.12. The summed E-state index contributed by atoms with van der Waals surface area (Å²) in [6.45, 7) is 0.431. The molecule has 0 aliphatic rings. The molecular formula is C20H17ClN4O3. The molecule has 0 aliphatic carbocycles. The van der Waals surface area contributed by atoms with Crippen LogP contribution >= 0.6 is 11.6 Å². The minimum Gasteiger partial charge on any atom is -0.487 e. The third-order valence-corrected chi connectivity index (χ3v) is 4.53. The highest BCUT2D eigenvalue weighted by Crippen LogP contribution is 2.27. The van der Waals surface area contributed by atoms with Crippen LogP contribution in [0.4, 0.5) is 0 Å². The first-order valence-corrected chi connectivity index (χ1v) is 8.97. The summed E-state index contributed by atoms with van der Waals surface area (Å²) >= 11 is 6.21. The Labute approximate surface area is 165 Å². The summed E-state index contributed by atoms with van der Waals surface area (Å²) in [5.41, 5.74) is 1.82. The van der Waals surface area contributed by atoms with Gasteiger partial charge in [0.05, 0.1) is 12.3 Å². The van der Waals surface area contributed by atoms with Gasteiger partial charge in [-0.05, 0) is 12.1 Å². The zero-order chi connectivity index (χ0) is 19.5. The average molecular weight is 397 g/mol. The van der Waals surface area contributed by atoms with Crippen molar-refractivity contribution in [2.75, 3.05) is 7.11 Å². The number of benzene rings is 2. The third-order valence-electron chi connectivity index (χ3n) is 4.17. The van der Waals surface area contributed by atoms with Crippen molar-refractivity contribution in [3.05, 3.63) is 81.2 Å². The van der Waals surface area contributed by atoms with E-state index in [1.807, 2.05) is 30.3 Å². The second-order valence-electron chi connectivity index (χ2n) is 6.10. The summed E-state index contributed by atoms with van der Waals surface area (Å²) in [5.74, 6) is 1.44. The molecule has 4 rings (SSSR count). The molecule has 142 valence electrons. The van der Waals surface area contributed by atoms with Crippen molar-refractivity contribution >= 4 is 17.4 Å². The van der Waals surface area contributed by atoms with Crippen molar-refractivity contribution in [2.45, 2.75) is 13.2 Å². The first kappa shape index (κ1) is 18.2. The Bertz CT molecular complexity index is 1170. The molecule has 0 amide bonds. The summed E-state index contributed by atoms with van der Waals surface area (Å²) in [7, 11) is 1.59. The highest BCUT2D eigenvalue weighted by atomic mass is 35.5. The molecule has 2 aromatic heterocycles. The number of halogens is 1. The van der Waals surface area contributed by atoms with Crippen LogP contribution in [0, 0.1) is 0 Å². The summed E-state index contributed by atoms with van der Waals surface area (Å²) in [5, 5.41) is 3.53. The lowest BCUT2D eigenvalue weighted by Gasteiger charge is -2.12. The van der Waals surface area contributed by atoms with Crippen molar-refractivity contribution in [2.24, 2.45) is 0 Å². The van der Waals surface area contributed by atoms with Crippen LogP contribution in [-0.2, 0) is 18.0 Å². The van der Waals surface area contributed by atoms with Gasteiger partial charge in [-0.3, -0.25) is 9.89 Å². The fourth-order valence-corrected chi connectivity index (χ4v) is 3.06. The molecule has 0 spiro atoms. The number of hydrogen-bond donors (Lipinski definition) is 1. The molecule has 8 heteroatoms. The van der Waals surface area contributed by atoms with Gasteiger partial charge in [0.1, 0.15) is 12.4 Å². The lowest BCUT2D eigenvalue weighted by atomic mass is 10.2. The van der Waals surface area contributed by atoms with Crippen LogP contribution in [0.25, 0.3) is 17.2 Å². The number of rotatable bonds is 6. The predicted molar refractivity (Wildman–Crippen MR) is 106 cm³/mol. The Morgan fingerprint density at radius 1 is 1.07 bits per heavy atom. The quantitative estimate of drug-likeness (QED) is 0.539. The Balaban J connectivity index is 1.62. The topological polar surface area (TPSA) is 81.5 Å². The number of methoxy groups -OCH3 is 1. The number of aromatic nitrogens is 4. The van der Waals surface area contributed by atoms with E-state index in [0.717, 1.165) is 11.1 Å². The molecule has 4 aromatic rings. The van der Waals surface area contributed by atoms with Gasteiger partial charge in [0, 0.05) is 29.3 Å². The van der Waals surface area contributed by atoms with Crippen LogP contribution < -0.4 is 10.3 Å². The second kappa shape index (κ2) is 7.84. The number of ether oxygens (including phenoxy) is 2. The van der Waals surface area contributed by atoms with Gasteiger partial charge in [-0.2, -0.15) is 9.50 Å². The molecule has 7 nitrogen and oxygen atoms in total. The molecule has 0 fully saturated rings. The van der Waals surface area contributed by atoms with Crippen LogP contribution in [0.3, 0.4) is 0 Å². The van der Waals surface area contributed by atoms with E-state index < -0.39 is 0 Å². The van der Waals surface area contributed by atoms with Crippen molar-refractivity contribution in [3.63, 3.8) is 0 Å². The molecule has 0 atom stereocenters. The Morgan fingerprint density at radius 3 is 2.68 bits per heavy atom. The minimum absolute atomic E-state index is 0.107. The fourth-order valence-electron chi connectivity index (χ4n) is 2.84. The van der Waals surface area contributed by atoms with E-state index in [0.29, 0.717) is 28.9 Å². The average Bonchev–Trinajstić information content (AvgIpc) is 3.14. The monoisotopic (exact) mass is 396 g/mol. The largest absolute Gasteiger partial charge is 0.487 e. The number of fused-ring (bicyclic) bond motifs is 1. The van der Waals surface area contributed by atoms with Crippen LogP contribution in [0.1, 0.15) is 11.3 Å². The maximum absolute atomic E-state index is 12.4. The molecule has 0 bridgehead atoms. The zero-order valence-electron chi connectivity index (χ0n) is 15.1. The van der Waals surface area contributed by atoms with E-state index in [1.54, 1.807) is 25.3 Å². The van der Waals surface area contributed by atoms with Gasteiger partial charge in [0.2, 0.25) is 0 Å². The van der Waals surface area contributed by atoms with E-state index in [2.05, 4.69) is 15.1 Å². The fraction of sp³-hybridized carbons (Fsp3) is 0.150. The number of nitrogens with one attached hydrogen (secondary N) is 1. The molecule has 28 heavy (non-hydrogen) atoms. The van der Waals surface area contributed by atoms with Crippen molar-refractivity contribution < 1.29 is 9.47 Å². The molecule has 0 unspecified atom stereocenters. The third kappa shape index (κ3) is 3.62. The summed E-state index contributed by atoms with van der Waals surface area (Å²) in [4.78, 5) is 21.3. The molecule has 2 aromatic carbocycles. The van der Waals surface area contributed by atoms with Gasteiger partial charge >= 0.3 is 0 Å². The second-order valence-corrected chi connectivity index (χ2v) is 6.50. The zero-order valence-corrected chi connectivity index (χ0v) is 15.8. The molecule has 0 saturated carbocycles. The van der Waals surface area contributed by atoms with Gasteiger partial charge in [0.25, 0.3) is 11.3 Å². The Hall–Kier alpha value is -3.16. The van der Waals surface area contributed by atoms with E-state index in [9.17, 15) is 4.79 Å². The van der Waals surface area contributed by atoms with Gasteiger partial charge in [-0.25, -0.2) is 4.98 Å².